The van der Waals surface area contributed by atoms with Crippen LogP contribution in [0.15, 0.2) is 24.3 Å². The first kappa shape index (κ1) is 20.9. The minimum Gasteiger partial charge on any atom is -0.451 e. The van der Waals surface area contributed by atoms with Gasteiger partial charge in [0.1, 0.15) is 11.9 Å². The minimum absolute atomic E-state index is 0.137. The second-order valence-electron chi connectivity index (χ2n) is 7.27. The molecule has 1 aliphatic rings. The molecule has 148 valence electrons. The van der Waals surface area contributed by atoms with Gasteiger partial charge < -0.3 is 15.4 Å². The van der Waals surface area contributed by atoms with Gasteiger partial charge in [0.15, 0.2) is 6.10 Å². The third-order valence-electron chi connectivity index (χ3n) is 4.68. The molecule has 27 heavy (non-hydrogen) atoms. The van der Waals surface area contributed by atoms with E-state index in [1.54, 1.807) is 13.8 Å². The summed E-state index contributed by atoms with van der Waals surface area (Å²) in [6.07, 6.45) is 3.11. The zero-order valence-electron chi connectivity index (χ0n) is 16.0. The first-order valence-corrected chi connectivity index (χ1v) is 9.35. The van der Waals surface area contributed by atoms with Crippen LogP contribution in [-0.2, 0) is 14.3 Å². The van der Waals surface area contributed by atoms with Crippen molar-refractivity contribution in [1.82, 2.24) is 10.6 Å². The third-order valence-corrected chi connectivity index (χ3v) is 4.68. The van der Waals surface area contributed by atoms with Crippen molar-refractivity contribution in [3.8, 4) is 0 Å². The Morgan fingerprint density at radius 1 is 1.07 bits per heavy atom. The molecule has 1 saturated carbocycles. The van der Waals surface area contributed by atoms with Gasteiger partial charge in [0, 0.05) is 11.6 Å². The van der Waals surface area contributed by atoms with E-state index < -0.39 is 29.8 Å². The topological polar surface area (TPSA) is 84.5 Å². The highest BCUT2D eigenvalue weighted by molar-refractivity contribution is 5.97. The average molecular weight is 378 g/mol. The fourth-order valence-corrected chi connectivity index (χ4v) is 3.01. The van der Waals surface area contributed by atoms with Crippen molar-refractivity contribution in [1.29, 1.82) is 0 Å². The van der Waals surface area contributed by atoms with Gasteiger partial charge >= 0.3 is 5.97 Å². The van der Waals surface area contributed by atoms with Gasteiger partial charge in [-0.15, -0.1) is 0 Å². The lowest BCUT2D eigenvalue weighted by Crippen LogP contribution is -2.48. The van der Waals surface area contributed by atoms with Gasteiger partial charge in [-0.05, 0) is 49.9 Å². The second kappa shape index (κ2) is 9.48. The number of nitrogens with one attached hydrogen (secondary N) is 2. The molecule has 0 unspecified atom stereocenters. The van der Waals surface area contributed by atoms with E-state index in [2.05, 4.69) is 10.6 Å². The summed E-state index contributed by atoms with van der Waals surface area (Å²) in [7, 11) is 0. The number of hydrogen-bond acceptors (Lipinski definition) is 4. The molecule has 1 aliphatic carbocycles. The SMILES string of the molecule is CC(C)[C@H](NC(=O)c1ccc(F)cc1)C(=O)O[C@@H](C)C(=O)NC1CCCC1. The van der Waals surface area contributed by atoms with Crippen LogP contribution < -0.4 is 10.6 Å². The van der Waals surface area contributed by atoms with E-state index in [0.717, 1.165) is 25.7 Å². The molecule has 0 spiro atoms. The van der Waals surface area contributed by atoms with Crippen molar-refractivity contribution < 1.29 is 23.5 Å². The Bertz CT molecular complexity index is 669. The summed E-state index contributed by atoms with van der Waals surface area (Å²) >= 11 is 0. The van der Waals surface area contributed by atoms with Crippen LogP contribution in [0.2, 0.25) is 0 Å². The summed E-state index contributed by atoms with van der Waals surface area (Å²) in [6, 6.07) is 4.25. The number of carbonyl (C=O) groups excluding carboxylic acids is 3. The smallest absolute Gasteiger partial charge is 0.329 e. The largest absolute Gasteiger partial charge is 0.451 e. The summed E-state index contributed by atoms with van der Waals surface area (Å²) in [5.41, 5.74) is 0.238. The summed E-state index contributed by atoms with van der Waals surface area (Å²) < 4.78 is 18.3. The van der Waals surface area contributed by atoms with Crippen LogP contribution in [-0.4, -0.2) is 36.0 Å². The minimum atomic E-state index is -0.943. The van der Waals surface area contributed by atoms with Gasteiger partial charge in [-0.1, -0.05) is 26.7 Å². The third kappa shape index (κ3) is 6.05. The van der Waals surface area contributed by atoms with Crippen molar-refractivity contribution in [2.45, 2.75) is 64.6 Å². The number of esters is 1. The Kier molecular flexibility index (Phi) is 7.33. The van der Waals surface area contributed by atoms with E-state index in [4.69, 9.17) is 4.74 Å². The van der Waals surface area contributed by atoms with E-state index in [9.17, 15) is 18.8 Å². The van der Waals surface area contributed by atoms with Crippen LogP contribution in [0.5, 0.6) is 0 Å². The molecule has 7 heteroatoms. The van der Waals surface area contributed by atoms with E-state index in [1.807, 2.05) is 0 Å². The Morgan fingerprint density at radius 2 is 1.67 bits per heavy atom. The Morgan fingerprint density at radius 3 is 2.22 bits per heavy atom. The van der Waals surface area contributed by atoms with Gasteiger partial charge in [0.25, 0.3) is 11.8 Å². The number of carbonyl (C=O) groups is 3. The van der Waals surface area contributed by atoms with E-state index in [1.165, 1.54) is 31.2 Å². The monoisotopic (exact) mass is 378 g/mol. The zero-order chi connectivity index (χ0) is 20.0. The maximum absolute atomic E-state index is 13.0. The van der Waals surface area contributed by atoms with Crippen LogP contribution in [0.25, 0.3) is 0 Å². The van der Waals surface area contributed by atoms with Crippen LogP contribution in [0.1, 0.15) is 56.8 Å². The van der Waals surface area contributed by atoms with Crippen LogP contribution in [0, 0.1) is 11.7 Å². The zero-order valence-corrected chi connectivity index (χ0v) is 16.0. The summed E-state index contributed by atoms with van der Waals surface area (Å²) in [4.78, 5) is 37.0. The first-order valence-electron chi connectivity index (χ1n) is 9.35. The van der Waals surface area contributed by atoms with Gasteiger partial charge in [-0.2, -0.15) is 0 Å². The molecule has 1 aromatic rings. The lowest BCUT2D eigenvalue weighted by atomic mass is 10.0. The van der Waals surface area contributed by atoms with Crippen molar-refractivity contribution in [3.63, 3.8) is 0 Å². The predicted octanol–water partition coefficient (Wildman–Crippen LogP) is 2.57. The summed E-state index contributed by atoms with van der Waals surface area (Å²) in [6.45, 7) is 5.04. The van der Waals surface area contributed by atoms with E-state index in [0.29, 0.717) is 0 Å². The second-order valence-corrected chi connectivity index (χ2v) is 7.27. The molecule has 1 aromatic carbocycles. The Labute approximate surface area is 158 Å². The Hall–Kier alpha value is -2.44. The highest BCUT2D eigenvalue weighted by Crippen LogP contribution is 2.18. The molecule has 2 rings (SSSR count). The van der Waals surface area contributed by atoms with Crippen molar-refractivity contribution >= 4 is 17.8 Å². The van der Waals surface area contributed by atoms with Crippen LogP contribution >= 0.6 is 0 Å². The summed E-state index contributed by atoms with van der Waals surface area (Å²) in [5, 5.41) is 5.49. The van der Waals surface area contributed by atoms with Gasteiger partial charge in [0.2, 0.25) is 0 Å². The molecule has 0 aliphatic heterocycles. The average Bonchev–Trinajstić information content (AvgIpc) is 3.12. The molecular formula is C20H27FN2O4. The fraction of sp³-hybridized carbons (Fsp3) is 0.550. The molecule has 0 saturated heterocycles. The quantitative estimate of drug-likeness (QED) is 0.714. The number of benzene rings is 1. The molecule has 0 bridgehead atoms. The van der Waals surface area contributed by atoms with Crippen molar-refractivity contribution in [3.05, 3.63) is 35.6 Å². The molecule has 2 atom stereocenters. The molecular weight excluding hydrogens is 351 g/mol. The molecule has 0 radical (unpaired) electrons. The summed E-state index contributed by atoms with van der Waals surface area (Å²) in [5.74, 6) is -2.20. The fourth-order valence-electron chi connectivity index (χ4n) is 3.01. The molecule has 2 amide bonds. The normalized spacial score (nSPS) is 16.6. The lowest BCUT2D eigenvalue weighted by Gasteiger charge is -2.23. The predicted molar refractivity (Wildman–Crippen MR) is 98.4 cm³/mol. The first-order chi connectivity index (χ1) is 12.8. The Balaban J connectivity index is 1.94. The molecule has 0 aromatic heterocycles. The van der Waals surface area contributed by atoms with Crippen LogP contribution in [0.4, 0.5) is 4.39 Å². The number of rotatable bonds is 7. The number of halogens is 1. The molecule has 0 heterocycles. The highest BCUT2D eigenvalue weighted by Gasteiger charge is 2.30. The maximum atomic E-state index is 13.0. The van der Waals surface area contributed by atoms with Crippen molar-refractivity contribution in [2.75, 3.05) is 0 Å². The molecule has 6 nitrogen and oxygen atoms in total. The maximum Gasteiger partial charge on any atom is 0.329 e. The number of amides is 2. The van der Waals surface area contributed by atoms with Crippen LogP contribution in [0.3, 0.4) is 0 Å². The lowest BCUT2D eigenvalue weighted by molar-refractivity contribution is -0.157. The van der Waals surface area contributed by atoms with E-state index >= 15 is 0 Å². The molecule has 1 fully saturated rings. The standard InChI is InChI=1S/C20H27FN2O4/c1-12(2)17(23-19(25)14-8-10-15(21)11-9-14)20(26)27-13(3)18(24)22-16-6-4-5-7-16/h8-13,16-17H,4-7H2,1-3H3,(H,22,24)(H,23,25)/t13-,17-/m0/s1. The van der Waals surface area contributed by atoms with Gasteiger partial charge in [0.05, 0.1) is 0 Å². The van der Waals surface area contributed by atoms with Gasteiger partial charge in [-0.3, -0.25) is 9.59 Å². The highest BCUT2D eigenvalue weighted by atomic mass is 19.1. The molecule has 2 N–H and O–H groups in total. The number of hydrogen-bond donors (Lipinski definition) is 2. The van der Waals surface area contributed by atoms with Crippen molar-refractivity contribution in [2.24, 2.45) is 5.92 Å². The number of ether oxygens (including phenoxy) is 1. The van der Waals surface area contributed by atoms with Gasteiger partial charge in [-0.25, -0.2) is 9.18 Å². The van der Waals surface area contributed by atoms with E-state index in [-0.39, 0.29) is 23.4 Å².